The van der Waals surface area contributed by atoms with Gasteiger partial charge in [0.15, 0.2) is 11.5 Å². The second kappa shape index (κ2) is 6.38. The highest BCUT2D eigenvalue weighted by Gasteiger charge is 2.22. The molecule has 1 aliphatic heterocycles. The predicted octanol–water partition coefficient (Wildman–Crippen LogP) is -0.0764. The van der Waals surface area contributed by atoms with Crippen LogP contribution >= 0.6 is 0 Å². The van der Waals surface area contributed by atoms with Gasteiger partial charge in [-0.15, -0.1) is 0 Å². The normalized spacial score (nSPS) is 18.1. The average molecular weight is 281 g/mol. The van der Waals surface area contributed by atoms with Crippen LogP contribution in [0.25, 0.3) is 0 Å². The van der Waals surface area contributed by atoms with E-state index in [2.05, 4.69) is 20.5 Å². The number of nitrogens with two attached hydrogens (primary N) is 1. The second-order valence-electron chi connectivity index (χ2n) is 4.94. The number of hydrogen-bond acceptors (Lipinski definition) is 6. The van der Waals surface area contributed by atoms with E-state index in [1.807, 2.05) is 0 Å². The maximum Gasteiger partial charge on any atom is 0.273 e. The maximum absolute atomic E-state index is 11.9. The van der Waals surface area contributed by atoms with Crippen molar-refractivity contribution in [1.29, 1.82) is 0 Å². The minimum absolute atomic E-state index is 0.114. The summed E-state index contributed by atoms with van der Waals surface area (Å²) in [6.07, 6.45) is 1.64. The number of carbonyl (C=O) groups is 1. The molecular weight excluding hydrogens is 262 g/mol. The molecule has 0 aliphatic carbocycles. The van der Waals surface area contributed by atoms with E-state index in [4.69, 9.17) is 15.5 Å². The van der Waals surface area contributed by atoms with E-state index in [9.17, 15) is 4.79 Å². The number of likely N-dealkylation sites (tertiary alicyclic amines) is 1. The zero-order valence-corrected chi connectivity index (χ0v) is 11.4. The number of rotatable bonds is 4. The summed E-state index contributed by atoms with van der Waals surface area (Å²) >= 11 is 0. The van der Waals surface area contributed by atoms with Crippen molar-refractivity contribution in [2.24, 2.45) is 10.9 Å². The van der Waals surface area contributed by atoms with E-state index in [1.54, 1.807) is 13.0 Å². The fraction of sp³-hybridized carbons (Fsp3) is 0.583. The lowest BCUT2D eigenvalue weighted by Crippen LogP contribution is -2.46. The molecule has 0 bridgehead atoms. The molecule has 1 aliphatic rings. The SMILES string of the molecule is Cc1cc(C(=O)NC2CCN(CC(N)=NO)CC2)no1. The van der Waals surface area contributed by atoms with Crippen molar-refractivity contribution in [3.8, 4) is 0 Å². The first-order valence-corrected chi connectivity index (χ1v) is 6.51. The van der Waals surface area contributed by atoms with Gasteiger partial charge in [0.1, 0.15) is 5.76 Å². The van der Waals surface area contributed by atoms with Crippen LogP contribution in [0.2, 0.25) is 0 Å². The summed E-state index contributed by atoms with van der Waals surface area (Å²) in [5.41, 5.74) is 5.77. The number of piperidine rings is 1. The molecule has 0 radical (unpaired) electrons. The molecule has 1 amide bonds. The Bertz CT molecular complexity index is 491. The van der Waals surface area contributed by atoms with Gasteiger partial charge in [0, 0.05) is 25.2 Å². The van der Waals surface area contributed by atoms with Gasteiger partial charge in [-0.25, -0.2) is 0 Å². The fourth-order valence-electron chi connectivity index (χ4n) is 2.23. The van der Waals surface area contributed by atoms with Gasteiger partial charge in [0.25, 0.3) is 5.91 Å². The van der Waals surface area contributed by atoms with Crippen molar-refractivity contribution < 1.29 is 14.5 Å². The summed E-state index contributed by atoms with van der Waals surface area (Å²) in [6.45, 7) is 3.77. The minimum Gasteiger partial charge on any atom is -0.409 e. The standard InChI is InChI=1S/C12H19N5O3/c1-8-6-10(16-20-8)12(18)14-9-2-4-17(5-3-9)7-11(13)15-19/h6,9,19H,2-5,7H2,1H3,(H2,13,15)(H,14,18). The lowest BCUT2D eigenvalue weighted by Gasteiger charge is -2.31. The lowest BCUT2D eigenvalue weighted by molar-refractivity contribution is 0.0905. The summed E-state index contributed by atoms with van der Waals surface area (Å²) in [5, 5.41) is 18.1. The summed E-state index contributed by atoms with van der Waals surface area (Å²) in [4.78, 5) is 14.0. The number of aryl methyl sites for hydroxylation is 1. The van der Waals surface area contributed by atoms with Crippen molar-refractivity contribution in [1.82, 2.24) is 15.4 Å². The van der Waals surface area contributed by atoms with Crippen LogP contribution in [-0.2, 0) is 0 Å². The number of amides is 1. The minimum atomic E-state index is -0.211. The highest BCUT2D eigenvalue weighted by molar-refractivity contribution is 5.92. The zero-order valence-electron chi connectivity index (χ0n) is 11.4. The Morgan fingerprint density at radius 1 is 1.65 bits per heavy atom. The first-order chi connectivity index (χ1) is 9.58. The first kappa shape index (κ1) is 14.3. The lowest BCUT2D eigenvalue weighted by atomic mass is 10.0. The molecule has 1 fully saturated rings. The number of hydrogen-bond donors (Lipinski definition) is 3. The van der Waals surface area contributed by atoms with Crippen molar-refractivity contribution in [3.63, 3.8) is 0 Å². The van der Waals surface area contributed by atoms with Crippen LogP contribution in [0.1, 0.15) is 29.1 Å². The smallest absolute Gasteiger partial charge is 0.273 e. The molecular formula is C12H19N5O3. The first-order valence-electron chi connectivity index (χ1n) is 6.51. The Hall–Kier alpha value is -2.09. The Morgan fingerprint density at radius 2 is 2.35 bits per heavy atom. The van der Waals surface area contributed by atoms with Crippen molar-refractivity contribution in [2.75, 3.05) is 19.6 Å². The van der Waals surface area contributed by atoms with Crippen molar-refractivity contribution >= 4 is 11.7 Å². The Labute approximate surface area is 116 Å². The molecule has 2 rings (SSSR count). The molecule has 2 heterocycles. The quantitative estimate of drug-likeness (QED) is 0.308. The summed E-state index contributed by atoms with van der Waals surface area (Å²) in [6, 6.07) is 1.73. The van der Waals surface area contributed by atoms with Gasteiger partial charge < -0.3 is 20.8 Å². The molecule has 0 aromatic carbocycles. The third kappa shape index (κ3) is 3.70. The summed E-state index contributed by atoms with van der Waals surface area (Å²) < 4.78 is 4.88. The Balaban J connectivity index is 1.78. The van der Waals surface area contributed by atoms with Crippen LogP contribution in [0.5, 0.6) is 0 Å². The molecule has 0 unspecified atom stereocenters. The van der Waals surface area contributed by atoms with Crippen molar-refractivity contribution in [3.05, 3.63) is 17.5 Å². The van der Waals surface area contributed by atoms with Crippen molar-refractivity contribution in [2.45, 2.75) is 25.8 Å². The number of nitrogens with one attached hydrogen (secondary N) is 1. The van der Waals surface area contributed by atoms with E-state index in [-0.39, 0.29) is 17.8 Å². The van der Waals surface area contributed by atoms with E-state index >= 15 is 0 Å². The average Bonchev–Trinajstić information content (AvgIpc) is 2.87. The third-order valence-corrected chi connectivity index (χ3v) is 3.30. The third-order valence-electron chi connectivity index (χ3n) is 3.30. The molecule has 20 heavy (non-hydrogen) atoms. The number of oxime groups is 1. The second-order valence-corrected chi connectivity index (χ2v) is 4.94. The molecule has 0 spiro atoms. The Kier molecular flexibility index (Phi) is 4.57. The van der Waals surface area contributed by atoms with Gasteiger partial charge in [-0.05, 0) is 19.8 Å². The number of carbonyl (C=O) groups excluding carboxylic acids is 1. The highest BCUT2D eigenvalue weighted by atomic mass is 16.5. The molecule has 4 N–H and O–H groups in total. The van der Waals surface area contributed by atoms with Gasteiger partial charge in [-0.3, -0.25) is 9.69 Å². The summed E-state index contributed by atoms with van der Waals surface area (Å²) in [7, 11) is 0. The monoisotopic (exact) mass is 281 g/mol. The van der Waals surface area contributed by atoms with E-state index < -0.39 is 0 Å². The molecule has 0 atom stereocenters. The van der Waals surface area contributed by atoms with E-state index in [0.29, 0.717) is 18.0 Å². The molecule has 8 heteroatoms. The molecule has 1 saturated heterocycles. The zero-order chi connectivity index (χ0) is 14.5. The molecule has 1 aromatic heterocycles. The van der Waals surface area contributed by atoms with Gasteiger partial charge in [0.05, 0.1) is 6.54 Å². The van der Waals surface area contributed by atoms with Gasteiger partial charge in [-0.1, -0.05) is 10.3 Å². The van der Waals surface area contributed by atoms with Crippen LogP contribution in [0.3, 0.4) is 0 Å². The van der Waals surface area contributed by atoms with Crippen LogP contribution in [-0.4, -0.2) is 52.7 Å². The molecule has 110 valence electrons. The topological polar surface area (TPSA) is 117 Å². The largest absolute Gasteiger partial charge is 0.409 e. The van der Waals surface area contributed by atoms with E-state index in [0.717, 1.165) is 25.9 Å². The number of nitrogens with zero attached hydrogens (tertiary/aromatic N) is 3. The van der Waals surface area contributed by atoms with Crippen LogP contribution in [0, 0.1) is 6.92 Å². The molecule has 8 nitrogen and oxygen atoms in total. The van der Waals surface area contributed by atoms with Crippen LogP contribution < -0.4 is 11.1 Å². The van der Waals surface area contributed by atoms with E-state index in [1.165, 1.54) is 0 Å². The maximum atomic E-state index is 11.9. The summed E-state index contributed by atoms with van der Waals surface area (Å²) in [5.74, 6) is 0.603. The Morgan fingerprint density at radius 3 is 2.90 bits per heavy atom. The van der Waals surface area contributed by atoms with Gasteiger partial charge in [-0.2, -0.15) is 0 Å². The molecule has 0 saturated carbocycles. The van der Waals surface area contributed by atoms with Crippen LogP contribution in [0.15, 0.2) is 15.7 Å². The highest BCUT2D eigenvalue weighted by Crippen LogP contribution is 2.11. The van der Waals surface area contributed by atoms with Gasteiger partial charge >= 0.3 is 0 Å². The molecule has 1 aromatic rings. The number of amidine groups is 1. The van der Waals surface area contributed by atoms with Gasteiger partial charge in [0.2, 0.25) is 0 Å². The number of aromatic nitrogens is 1. The fourth-order valence-corrected chi connectivity index (χ4v) is 2.23. The van der Waals surface area contributed by atoms with Crippen LogP contribution in [0.4, 0.5) is 0 Å². The predicted molar refractivity (Wildman–Crippen MR) is 71.6 cm³/mol.